The summed E-state index contributed by atoms with van der Waals surface area (Å²) in [4.78, 5) is 24.7. The number of benzene rings is 2. The summed E-state index contributed by atoms with van der Waals surface area (Å²) < 4.78 is 45.7. The lowest BCUT2D eigenvalue weighted by atomic mass is 10.2. The van der Waals surface area contributed by atoms with Crippen LogP contribution in [0.4, 0.5) is 10.1 Å². The number of carbonyl (C=O) groups is 2. The largest absolute Gasteiger partial charge is 0.449 e. The topological polar surface area (TPSA) is 123 Å². The van der Waals surface area contributed by atoms with E-state index in [0.29, 0.717) is 23.8 Å². The molecule has 30 heavy (non-hydrogen) atoms. The number of carbonyl (C=O) groups excluding carboxylic acids is 2. The van der Waals surface area contributed by atoms with Crippen molar-refractivity contribution in [2.45, 2.75) is 23.8 Å². The second-order valence-corrected chi connectivity index (χ2v) is 8.77. The summed E-state index contributed by atoms with van der Waals surface area (Å²) in [6.07, 6.45) is 0.779. The molecule has 4 rings (SSSR count). The molecule has 3 aromatic rings. The standard InChI is InChI=1S/C20H18FN3O5S/c21-12-7-9-13(10-8-12)30(27,28)24-11-3-5-15(24)20(26)23-17-14-4-1-2-6-16(14)29-18(17)19(22)25/h1-2,4,6-10,15H,3,5,11H2,(H2,22,25)(H,23,26)/t15-/m0/s1. The van der Waals surface area contributed by atoms with Crippen molar-refractivity contribution in [3.05, 3.63) is 60.1 Å². The van der Waals surface area contributed by atoms with Crippen molar-refractivity contribution in [1.29, 1.82) is 0 Å². The van der Waals surface area contributed by atoms with Gasteiger partial charge in [0, 0.05) is 11.9 Å². The molecule has 1 aliphatic heterocycles. The summed E-state index contributed by atoms with van der Waals surface area (Å²) >= 11 is 0. The van der Waals surface area contributed by atoms with Crippen LogP contribution < -0.4 is 11.1 Å². The monoisotopic (exact) mass is 431 g/mol. The zero-order valence-corrected chi connectivity index (χ0v) is 16.5. The lowest BCUT2D eigenvalue weighted by Gasteiger charge is -2.23. The minimum atomic E-state index is -4.01. The molecule has 0 aliphatic carbocycles. The van der Waals surface area contributed by atoms with Gasteiger partial charge in [-0.05, 0) is 49.2 Å². The number of nitrogens with two attached hydrogens (primary N) is 1. The van der Waals surface area contributed by atoms with Crippen LogP contribution in [-0.4, -0.2) is 37.1 Å². The number of sulfonamides is 1. The molecule has 2 aromatic carbocycles. The van der Waals surface area contributed by atoms with E-state index < -0.39 is 33.7 Å². The molecule has 2 heterocycles. The molecule has 0 unspecified atom stereocenters. The summed E-state index contributed by atoms with van der Waals surface area (Å²) in [5.74, 6) is -2.23. The molecular formula is C20H18FN3O5S. The Labute approximate surface area is 171 Å². The molecule has 156 valence electrons. The highest BCUT2D eigenvalue weighted by molar-refractivity contribution is 7.89. The predicted octanol–water partition coefficient (Wildman–Crippen LogP) is 2.46. The van der Waals surface area contributed by atoms with Gasteiger partial charge in [0.25, 0.3) is 5.91 Å². The quantitative estimate of drug-likeness (QED) is 0.642. The van der Waals surface area contributed by atoms with E-state index in [-0.39, 0.29) is 22.9 Å². The third-order valence-corrected chi connectivity index (χ3v) is 6.92. The van der Waals surface area contributed by atoms with Crippen molar-refractivity contribution < 1.29 is 26.8 Å². The van der Waals surface area contributed by atoms with Gasteiger partial charge in [0.15, 0.2) is 0 Å². The highest BCUT2D eigenvalue weighted by atomic mass is 32.2. The van der Waals surface area contributed by atoms with Crippen molar-refractivity contribution in [3.8, 4) is 0 Å². The van der Waals surface area contributed by atoms with Gasteiger partial charge in [0.05, 0.1) is 4.90 Å². The zero-order valence-electron chi connectivity index (χ0n) is 15.7. The van der Waals surface area contributed by atoms with Gasteiger partial charge in [-0.15, -0.1) is 0 Å². The summed E-state index contributed by atoms with van der Waals surface area (Å²) in [6, 6.07) is 10.1. The van der Waals surface area contributed by atoms with Crippen LogP contribution in [0.25, 0.3) is 11.0 Å². The van der Waals surface area contributed by atoms with E-state index in [1.54, 1.807) is 24.3 Å². The molecule has 0 radical (unpaired) electrons. The molecule has 2 amide bonds. The lowest BCUT2D eigenvalue weighted by molar-refractivity contribution is -0.119. The Balaban J connectivity index is 1.65. The van der Waals surface area contributed by atoms with E-state index in [0.717, 1.165) is 28.6 Å². The first-order valence-corrected chi connectivity index (χ1v) is 10.6. The van der Waals surface area contributed by atoms with Crippen LogP contribution in [0.3, 0.4) is 0 Å². The van der Waals surface area contributed by atoms with Crippen molar-refractivity contribution in [2.75, 3.05) is 11.9 Å². The van der Waals surface area contributed by atoms with Crippen LogP contribution in [0.5, 0.6) is 0 Å². The number of hydrogen-bond donors (Lipinski definition) is 2. The van der Waals surface area contributed by atoms with Gasteiger partial charge in [-0.1, -0.05) is 12.1 Å². The maximum Gasteiger partial charge on any atom is 0.286 e. The van der Waals surface area contributed by atoms with Crippen LogP contribution in [0, 0.1) is 5.82 Å². The van der Waals surface area contributed by atoms with E-state index in [2.05, 4.69) is 5.32 Å². The van der Waals surface area contributed by atoms with Crippen LogP contribution >= 0.6 is 0 Å². The molecule has 1 saturated heterocycles. The Bertz CT molecular complexity index is 1240. The van der Waals surface area contributed by atoms with Crippen molar-refractivity contribution in [2.24, 2.45) is 5.73 Å². The number of primary amides is 1. The fraction of sp³-hybridized carbons (Fsp3) is 0.200. The van der Waals surface area contributed by atoms with Crippen LogP contribution in [0.1, 0.15) is 23.4 Å². The number of anilines is 1. The maximum absolute atomic E-state index is 13.2. The minimum absolute atomic E-state index is 0.102. The van der Waals surface area contributed by atoms with Gasteiger partial charge in [-0.2, -0.15) is 4.31 Å². The molecule has 1 aromatic heterocycles. The number of hydrogen-bond acceptors (Lipinski definition) is 5. The van der Waals surface area contributed by atoms with Crippen molar-refractivity contribution in [3.63, 3.8) is 0 Å². The van der Waals surface area contributed by atoms with E-state index in [4.69, 9.17) is 10.2 Å². The number of nitrogens with zero attached hydrogens (tertiary/aromatic N) is 1. The third-order valence-electron chi connectivity index (χ3n) is 4.99. The number of furan rings is 1. The smallest absolute Gasteiger partial charge is 0.286 e. The van der Waals surface area contributed by atoms with E-state index >= 15 is 0 Å². The highest BCUT2D eigenvalue weighted by Gasteiger charge is 2.40. The van der Waals surface area contributed by atoms with Gasteiger partial charge in [-0.3, -0.25) is 9.59 Å². The Morgan fingerprint density at radius 3 is 2.53 bits per heavy atom. The molecular weight excluding hydrogens is 413 g/mol. The molecule has 3 N–H and O–H groups in total. The molecule has 1 atom stereocenters. The first-order chi connectivity index (χ1) is 14.3. The number of halogens is 1. The summed E-state index contributed by atoms with van der Waals surface area (Å²) in [5.41, 5.74) is 5.84. The first-order valence-electron chi connectivity index (χ1n) is 9.18. The Kier molecular flexibility index (Phi) is 5.04. The van der Waals surface area contributed by atoms with Gasteiger partial charge < -0.3 is 15.5 Å². The molecule has 8 nitrogen and oxygen atoms in total. The predicted molar refractivity (Wildman–Crippen MR) is 107 cm³/mol. The Morgan fingerprint density at radius 2 is 1.83 bits per heavy atom. The molecule has 1 aliphatic rings. The average molecular weight is 431 g/mol. The summed E-state index contributed by atoms with van der Waals surface area (Å²) in [6.45, 7) is 0.145. The lowest BCUT2D eigenvalue weighted by Crippen LogP contribution is -2.43. The van der Waals surface area contributed by atoms with Gasteiger partial charge in [0.1, 0.15) is 23.1 Å². The number of rotatable bonds is 5. The van der Waals surface area contributed by atoms with Crippen molar-refractivity contribution >= 4 is 38.5 Å². The second kappa shape index (κ2) is 7.54. The second-order valence-electron chi connectivity index (χ2n) is 6.88. The summed E-state index contributed by atoms with van der Waals surface area (Å²) in [7, 11) is -4.01. The summed E-state index contributed by atoms with van der Waals surface area (Å²) in [5, 5.41) is 3.10. The van der Waals surface area contributed by atoms with Crippen molar-refractivity contribution in [1.82, 2.24) is 4.31 Å². The SMILES string of the molecule is NC(=O)c1oc2ccccc2c1NC(=O)[C@@H]1CCCN1S(=O)(=O)c1ccc(F)cc1. The van der Waals surface area contributed by atoms with Crippen LogP contribution in [0.2, 0.25) is 0 Å². The fourth-order valence-corrected chi connectivity index (χ4v) is 5.24. The van der Waals surface area contributed by atoms with Crippen LogP contribution in [0.15, 0.2) is 57.8 Å². The molecule has 0 bridgehead atoms. The highest BCUT2D eigenvalue weighted by Crippen LogP contribution is 2.32. The number of nitrogens with one attached hydrogen (secondary N) is 1. The molecule has 0 saturated carbocycles. The average Bonchev–Trinajstić information content (AvgIpc) is 3.34. The number of fused-ring (bicyclic) bond motifs is 1. The first kappa shape index (κ1) is 20.0. The van der Waals surface area contributed by atoms with Crippen LogP contribution in [-0.2, 0) is 14.8 Å². The number of amides is 2. The molecule has 10 heteroatoms. The van der Waals surface area contributed by atoms with E-state index in [9.17, 15) is 22.4 Å². The Hall–Kier alpha value is -3.24. The minimum Gasteiger partial charge on any atom is -0.449 e. The Morgan fingerprint density at radius 1 is 1.13 bits per heavy atom. The maximum atomic E-state index is 13.2. The van der Waals surface area contributed by atoms with Gasteiger partial charge in [-0.25, -0.2) is 12.8 Å². The van der Waals surface area contributed by atoms with Gasteiger partial charge >= 0.3 is 0 Å². The molecule has 0 spiro atoms. The zero-order chi connectivity index (χ0) is 21.5. The normalized spacial score (nSPS) is 17.3. The van der Waals surface area contributed by atoms with Gasteiger partial charge in [0.2, 0.25) is 21.7 Å². The van der Waals surface area contributed by atoms with E-state index in [1.807, 2.05) is 0 Å². The fourth-order valence-electron chi connectivity index (χ4n) is 3.58. The molecule has 1 fully saturated rings. The van der Waals surface area contributed by atoms with E-state index in [1.165, 1.54) is 0 Å². The number of para-hydroxylation sites is 1. The third kappa shape index (κ3) is 3.44.